The van der Waals surface area contributed by atoms with E-state index in [0.717, 1.165) is 29.4 Å². The molecule has 0 spiro atoms. The standard InChI is InChI=1S/C9H15N3S/c1-3-7-6-8(4-5-10)12-9(11-7)13-2/h6H,3-5,10H2,1-2H3. The fraction of sp³-hybridized carbons (Fsp3) is 0.556. The van der Waals surface area contributed by atoms with Gasteiger partial charge in [-0.15, -0.1) is 0 Å². The van der Waals surface area contributed by atoms with Crippen LogP contribution in [0.2, 0.25) is 0 Å². The number of nitrogens with zero attached hydrogens (tertiary/aromatic N) is 2. The van der Waals surface area contributed by atoms with Crippen molar-refractivity contribution < 1.29 is 0 Å². The van der Waals surface area contributed by atoms with Crippen LogP contribution >= 0.6 is 11.8 Å². The van der Waals surface area contributed by atoms with Crippen molar-refractivity contribution in [2.24, 2.45) is 5.73 Å². The summed E-state index contributed by atoms with van der Waals surface area (Å²) in [5.74, 6) is 0. The SMILES string of the molecule is CCc1cc(CCN)nc(SC)n1. The number of hydrogen-bond donors (Lipinski definition) is 1. The molecule has 2 N–H and O–H groups in total. The van der Waals surface area contributed by atoms with E-state index in [1.807, 2.05) is 12.3 Å². The summed E-state index contributed by atoms with van der Waals surface area (Å²) in [6.45, 7) is 2.74. The Hall–Kier alpha value is -0.610. The highest BCUT2D eigenvalue weighted by Crippen LogP contribution is 2.11. The Balaban J connectivity index is 2.93. The molecule has 4 heteroatoms. The minimum atomic E-state index is 0.647. The Morgan fingerprint density at radius 2 is 2.08 bits per heavy atom. The van der Waals surface area contributed by atoms with E-state index in [1.54, 1.807) is 11.8 Å². The van der Waals surface area contributed by atoms with Gasteiger partial charge in [-0.2, -0.15) is 0 Å². The summed E-state index contributed by atoms with van der Waals surface area (Å²) in [5, 5.41) is 0.850. The monoisotopic (exact) mass is 197 g/mol. The molecule has 0 fully saturated rings. The van der Waals surface area contributed by atoms with E-state index in [1.165, 1.54) is 0 Å². The zero-order valence-corrected chi connectivity index (χ0v) is 8.90. The molecule has 3 nitrogen and oxygen atoms in total. The lowest BCUT2D eigenvalue weighted by Gasteiger charge is -2.03. The van der Waals surface area contributed by atoms with Gasteiger partial charge in [-0.1, -0.05) is 18.7 Å². The average molecular weight is 197 g/mol. The summed E-state index contributed by atoms with van der Waals surface area (Å²) < 4.78 is 0. The van der Waals surface area contributed by atoms with E-state index < -0.39 is 0 Å². The van der Waals surface area contributed by atoms with Gasteiger partial charge in [-0.3, -0.25) is 0 Å². The maximum absolute atomic E-state index is 5.48. The first-order chi connectivity index (χ1) is 6.30. The molecule has 0 saturated carbocycles. The third-order valence-electron chi connectivity index (χ3n) is 1.76. The van der Waals surface area contributed by atoms with Crippen molar-refractivity contribution >= 4 is 11.8 Å². The Morgan fingerprint density at radius 3 is 2.62 bits per heavy atom. The van der Waals surface area contributed by atoms with Crippen LogP contribution in [0.15, 0.2) is 11.2 Å². The van der Waals surface area contributed by atoms with Crippen LogP contribution in [0.5, 0.6) is 0 Å². The maximum atomic E-state index is 5.48. The molecule has 0 atom stereocenters. The Labute approximate surface area is 83.2 Å². The van der Waals surface area contributed by atoms with Gasteiger partial charge in [0.15, 0.2) is 5.16 Å². The third kappa shape index (κ3) is 2.97. The normalized spacial score (nSPS) is 10.4. The highest BCUT2D eigenvalue weighted by atomic mass is 32.2. The molecule has 72 valence electrons. The molecule has 0 unspecified atom stereocenters. The number of rotatable bonds is 4. The molecule has 1 aromatic rings. The summed E-state index contributed by atoms with van der Waals surface area (Å²) in [5.41, 5.74) is 7.63. The van der Waals surface area contributed by atoms with Gasteiger partial charge < -0.3 is 5.73 Å². The van der Waals surface area contributed by atoms with Crippen molar-refractivity contribution in [1.82, 2.24) is 9.97 Å². The van der Waals surface area contributed by atoms with Crippen LogP contribution in [0.4, 0.5) is 0 Å². The lowest BCUT2D eigenvalue weighted by atomic mass is 10.2. The van der Waals surface area contributed by atoms with Crippen LogP contribution in [0.3, 0.4) is 0 Å². The predicted molar refractivity (Wildman–Crippen MR) is 55.9 cm³/mol. The Bertz CT molecular complexity index is 253. The molecule has 0 aliphatic carbocycles. The van der Waals surface area contributed by atoms with Crippen molar-refractivity contribution in [3.05, 3.63) is 17.5 Å². The molecule has 1 aromatic heterocycles. The summed E-state index contributed by atoms with van der Waals surface area (Å²) >= 11 is 1.58. The Morgan fingerprint density at radius 1 is 1.38 bits per heavy atom. The van der Waals surface area contributed by atoms with E-state index in [-0.39, 0.29) is 0 Å². The van der Waals surface area contributed by atoms with E-state index in [9.17, 15) is 0 Å². The first-order valence-electron chi connectivity index (χ1n) is 4.41. The van der Waals surface area contributed by atoms with Crippen molar-refractivity contribution in [3.63, 3.8) is 0 Å². The van der Waals surface area contributed by atoms with Crippen molar-refractivity contribution in [2.45, 2.75) is 24.9 Å². The van der Waals surface area contributed by atoms with Crippen LogP contribution in [-0.4, -0.2) is 22.8 Å². The minimum Gasteiger partial charge on any atom is -0.330 e. The fourth-order valence-corrected chi connectivity index (χ4v) is 1.49. The summed E-state index contributed by atoms with van der Waals surface area (Å²) in [6.07, 6.45) is 3.78. The molecule has 1 heterocycles. The molecule has 0 aromatic carbocycles. The quantitative estimate of drug-likeness (QED) is 0.583. The molecule has 0 aliphatic rings. The Kier molecular flexibility index (Phi) is 4.18. The van der Waals surface area contributed by atoms with E-state index in [0.29, 0.717) is 6.54 Å². The largest absolute Gasteiger partial charge is 0.330 e. The van der Waals surface area contributed by atoms with Crippen LogP contribution in [-0.2, 0) is 12.8 Å². The lowest BCUT2D eigenvalue weighted by molar-refractivity contribution is 0.818. The highest BCUT2D eigenvalue weighted by molar-refractivity contribution is 7.98. The molecule has 0 bridgehead atoms. The number of aromatic nitrogens is 2. The molecule has 0 aliphatic heterocycles. The highest BCUT2D eigenvalue weighted by Gasteiger charge is 2.01. The molecule has 13 heavy (non-hydrogen) atoms. The average Bonchev–Trinajstić information content (AvgIpc) is 2.17. The van der Waals surface area contributed by atoms with Gasteiger partial charge in [0.1, 0.15) is 0 Å². The topological polar surface area (TPSA) is 51.8 Å². The lowest BCUT2D eigenvalue weighted by Crippen LogP contribution is -2.06. The smallest absolute Gasteiger partial charge is 0.187 e. The maximum Gasteiger partial charge on any atom is 0.187 e. The second kappa shape index (κ2) is 5.19. The fourth-order valence-electron chi connectivity index (χ4n) is 1.08. The third-order valence-corrected chi connectivity index (χ3v) is 2.30. The molecule has 1 rings (SSSR count). The second-order valence-corrected chi connectivity index (χ2v) is 3.50. The first-order valence-corrected chi connectivity index (χ1v) is 5.63. The van der Waals surface area contributed by atoms with Crippen molar-refractivity contribution in [1.29, 1.82) is 0 Å². The van der Waals surface area contributed by atoms with E-state index in [2.05, 4.69) is 16.9 Å². The van der Waals surface area contributed by atoms with Gasteiger partial charge in [-0.25, -0.2) is 9.97 Å². The molecule has 0 amide bonds. The van der Waals surface area contributed by atoms with E-state index in [4.69, 9.17) is 5.73 Å². The number of nitrogens with two attached hydrogens (primary N) is 1. The predicted octanol–water partition coefficient (Wildman–Crippen LogP) is 1.26. The number of hydrogen-bond acceptors (Lipinski definition) is 4. The summed E-state index contributed by atoms with van der Waals surface area (Å²) in [4.78, 5) is 8.73. The van der Waals surface area contributed by atoms with Crippen LogP contribution in [0, 0.1) is 0 Å². The van der Waals surface area contributed by atoms with Crippen LogP contribution in [0.1, 0.15) is 18.3 Å². The van der Waals surface area contributed by atoms with Crippen LogP contribution in [0.25, 0.3) is 0 Å². The van der Waals surface area contributed by atoms with Gasteiger partial charge in [0.25, 0.3) is 0 Å². The molecule has 0 radical (unpaired) electrons. The van der Waals surface area contributed by atoms with Gasteiger partial charge in [0.2, 0.25) is 0 Å². The van der Waals surface area contributed by atoms with Gasteiger partial charge in [0, 0.05) is 17.8 Å². The molecule has 0 saturated heterocycles. The van der Waals surface area contributed by atoms with Gasteiger partial charge in [-0.05, 0) is 25.3 Å². The summed E-state index contributed by atoms with van der Waals surface area (Å²) in [6, 6.07) is 2.03. The molecular formula is C9H15N3S. The number of thioether (sulfide) groups is 1. The van der Waals surface area contributed by atoms with Crippen molar-refractivity contribution in [2.75, 3.05) is 12.8 Å². The van der Waals surface area contributed by atoms with E-state index >= 15 is 0 Å². The zero-order valence-electron chi connectivity index (χ0n) is 8.08. The molecular weight excluding hydrogens is 182 g/mol. The van der Waals surface area contributed by atoms with Gasteiger partial charge in [0.05, 0.1) is 0 Å². The minimum absolute atomic E-state index is 0.647. The summed E-state index contributed by atoms with van der Waals surface area (Å²) in [7, 11) is 0. The zero-order chi connectivity index (χ0) is 9.68. The number of aryl methyl sites for hydroxylation is 1. The van der Waals surface area contributed by atoms with Crippen molar-refractivity contribution in [3.8, 4) is 0 Å². The first kappa shape index (κ1) is 10.5. The van der Waals surface area contributed by atoms with Crippen LogP contribution < -0.4 is 5.73 Å². The van der Waals surface area contributed by atoms with Gasteiger partial charge >= 0.3 is 0 Å². The second-order valence-electron chi connectivity index (χ2n) is 2.73.